The first-order valence-electron chi connectivity index (χ1n) is 8.37. The summed E-state index contributed by atoms with van der Waals surface area (Å²) < 4.78 is 10.1. The van der Waals surface area contributed by atoms with Crippen LogP contribution in [-0.4, -0.2) is 25.2 Å². The van der Waals surface area contributed by atoms with E-state index in [1.807, 2.05) is 33.8 Å². The van der Waals surface area contributed by atoms with Crippen molar-refractivity contribution in [3.63, 3.8) is 0 Å². The van der Waals surface area contributed by atoms with Crippen LogP contribution in [0.4, 0.5) is 5.69 Å². The number of rotatable bonds is 8. The van der Waals surface area contributed by atoms with Crippen molar-refractivity contribution >= 4 is 29.8 Å². The summed E-state index contributed by atoms with van der Waals surface area (Å²) in [6, 6.07) is 5.31. The highest BCUT2D eigenvalue weighted by atomic mass is 16.5. The molecule has 0 fully saturated rings. The number of hydrogen-bond donors (Lipinski definition) is 1. The van der Waals surface area contributed by atoms with Crippen molar-refractivity contribution in [2.24, 2.45) is 11.8 Å². The van der Waals surface area contributed by atoms with Crippen LogP contribution in [0.3, 0.4) is 0 Å². The molecule has 0 aliphatic rings. The zero-order valence-electron chi connectivity index (χ0n) is 15.3. The van der Waals surface area contributed by atoms with Crippen LogP contribution in [0.1, 0.15) is 38.8 Å². The van der Waals surface area contributed by atoms with Crippen LogP contribution in [0.25, 0.3) is 12.2 Å². The van der Waals surface area contributed by atoms with Gasteiger partial charge in [-0.05, 0) is 41.2 Å². The van der Waals surface area contributed by atoms with Gasteiger partial charge in [0, 0.05) is 17.8 Å². The molecule has 0 heterocycles. The van der Waals surface area contributed by atoms with Gasteiger partial charge in [0.25, 0.3) is 0 Å². The smallest absolute Gasteiger partial charge is 0.330 e. The van der Waals surface area contributed by atoms with Crippen LogP contribution in [0.5, 0.6) is 0 Å². The van der Waals surface area contributed by atoms with E-state index < -0.39 is 5.97 Å². The van der Waals surface area contributed by atoms with E-state index in [4.69, 9.17) is 15.2 Å². The second-order valence-corrected chi connectivity index (χ2v) is 6.60. The summed E-state index contributed by atoms with van der Waals surface area (Å²) >= 11 is 0. The van der Waals surface area contributed by atoms with Crippen molar-refractivity contribution in [1.29, 1.82) is 0 Å². The molecule has 0 aromatic heterocycles. The quantitative estimate of drug-likeness (QED) is 0.441. The molecule has 25 heavy (non-hydrogen) atoms. The Morgan fingerprint density at radius 1 is 0.960 bits per heavy atom. The molecule has 0 amide bonds. The maximum atomic E-state index is 11.6. The molecule has 0 spiro atoms. The molecule has 5 nitrogen and oxygen atoms in total. The van der Waals surface area contributed by atoms with E-state index in [0.717, 1.165) is 5.56 Å². The Hall–Kier alpha value is -2.56. The fourth-order valence-electron chi connectivity index (χ4n) is 1.76. The zero-order chi connectivity index (χ0) is 18.8. The molecule has 0 unspecified atom stereocenters. The minimum Gasteiger partial charge on any atom is -0.462 e. The Kier molecular flexibility index (Phi) is 8.47. The maximum Gasteiger partial charge on any atom is 0.330 e. The van der Waals surface area contributed by atoms with Gasteiger partial charge in [-0.3, -0.25) is 0 Å². The van der Waals surface area contributed by atoms with E-state index in [2.05, 4.69) is 0 Å². The summed E-state index contributed by atoms with van der Waals surface area (Å²) in [4.78, 5) is 23.1. The molecule has 0 aliphatic heterocycles. The van der Waals surface area contributed by atoms with Crippen LogP contribution >= 0.6 is 0 Å². The van der Waals surface area contributed by atoms with Gasteiger partial charge in [-0.1, -0.05) is 39.8 Å². The number of carbonyl (C=O) groups excluding carboxylic acids is 2. The summed E-state index contributed by atoms with van der Waals surface area (Å²) in [5, 5.41) is 0. The van der Waals surface area contributed by atoms with Crippen LogP contribution in [0.2, 0.25) is 0 Å². The second-order valence-electron chi connectivity index (χ2n) is 6.60. The first kappa shape index (κ1) is 20.5. The highest BCUT2D eigenvalue weighted by Crippen LogP contribution is 2.17. The first-order valence-corrected chi connectivity index (χ1v) is 8.37. The van der Waals surface area contributed by atoms with Gasteiger partial charge in [-0.15, -0.1) is 0 Å². The number of anilines is 1. The van der Waals surface area contributed by atoms with Gasteiger partial charge in [0.15, 0.2) is 0 Å². The molecule has 5 heteroatoms. The lowest BCUT2D eigenvalue weighted by Crippen LogP contribution is -2.07. The van der Waals surface area contributed by atoms with Gasteiger partial charge in [-0.25, -0.2) is 9.59 Å². The normalized spacial score (nSPS) is 11.6. The average molecular weight is 345 g/mol. The Morgan fingerprint density at radius 3 is 1.96 bits per heavy atom. The molecule has 0 aliphatic carbocycles. The van der Waals surface area contributed by atoms with Gasteiger partial charge < -0.3 is 15.2 Å². The van der Waals surface area contributed by atoms with Crippen LogP contribution in [0, 0.1) is 11.8 Å². The van der Waals surface area contributed by atoms with Crippen molar-refractivity contribution in [2.45, 2.75) is 27.7 Å². The Morgan fingerprint density at radius 2 is 1.48 bits per heavy atom. The molecule has 2 N–H and O–H groups in total. The second kappa shape index (κ2) is 10.3. The third-order valence-corrected chi connectivity index (χ3v) is 3.04. The molecule has 1 rings (SSSR count). The first-order chi connectivity index (χ1) is 11.8. The van der Waals surface area contributed by atoms with Crippen molar-refractivity contribution in [3.05, 3.63) is 41.5 Å². The largest absolute Gasteiger partial charge is 0.462 e. The number of nitrogen functional groups attached to an aromatic ring is 1. The Balaban J connectivity index is 2.64. The topological polar surface area (TPSA) is 78.6 Å². The Labute approximate surface area is 149 Å². The number of esters is 2. The molecule has 0 radical (unpaired) electrons. The highest BCUT2D eigenvalue weighted by Gasteiger charge is 2.03. The SMILES string of the molecule is CC(C)COC(=O)/C=C/c1ccc(/C=C/C(=O)OCC(C)C)c(N)c1. The van der Waals surface area contributed by atoms with Gasteiger partial charge >= 0.3 is 11.9 Å². The number of ether oxygens (including phenoxy) is 2. The van der Waals surface area contributed by atoms with E-state index >= 15 is 0 Å². The lowest BCUT2D eigenvalue weighted by atomic mass is 10.1. The molecule has 136 valence electrons. The van der Waals surface area contributed by atoms with Crippen LogP contribution < -0.4 is 5.73 Å². The molecule has 0 atom stereocenters. The zero-order valence-corrected chi connectivity index (χ0v) is 15.3. The number of carbonyl (C=O) groups is 2. The van der Waals surface area contributed by atoms with E-state index in [1.165, 1.54) is 12.2 Å². The molecule has 0 bridgehead atoms. The minimum atomic E-state index is -0.398. The summed E-state index contributed by atoms with van der Waals surface area (Å²) in [6.07, 6.45) is 5.98. The molecular formula is C20H27NO4. The van der Waals surface area contributed by atoms with Crippen LogP contribution in [0.15, 0.2) is 30.4 Å². The minimum absolute atomic E-state index is 0.292. The van der Waals surface area contributed by atoms with Crippen molar-refractivity contribution in [1.82, 2.24) is 0 Å². The van der Waals surface area contributed by atoms with Crippen molar-refractivity contribution < 1.29 is 19.1 Å². The maximum absolute atomic E-state index is 11.6. The summed E-state index contributed by atoms with van der Waals surface area (Å²) in [5.41, 5.74) is 7.97. The van der Waals surface area contributed by atoms with Gasteiger partial charge in [0.05, 0.1) is 13.2 Å². The fourth-order valence-corrected chi connectivity index (χ4v) is 1.76. The lowest BCUT2D eigenvalue weighted by molar-refractivity contribution is -0.139. The van der Waals surface area contributed by atoms with Crippen molar-refractivity contribution in [3.8, 4) is 0 Å². The predicted molar refractivity (Wildman–Crippen MR) is 101 cm³/mol. The van der Waals surface area contributed by atoms with Gasteiger partial charge in [-0.2, -0.15) is 0 Å². The lowest BCUT2D eigenvalue weighted by Gasteiger charge is -2.05. The standard InChI is InChI=1S/C20H27NO4/c1-14(2)12-24-19(22)9-6-16-5-7-17(18(21)11-16)8-10-20(23)25-13-15(3)4/h5-11,14-15H,12-13,21H2,1-4H3/b9-6+,10-8+. The molecule has 0 saturated heterocycles. The van der Waals surface area contributed by atoms with E-state index in [1.54, 1.807) is 24.3 Å². The number of hydrogen-bond acceptors (Lipinski definition) is 5. The third-order valence-electron chi connectivity index (χ3n) is 3.04. The summed E-state index contributed by atoms with van der Waals surface area (Å²) in [6.45, 7) is 8.67. The Bertz CT molecular complexity index is 645. The number of benzene rings is 1. The van der Waals surface area contributed by atoms with Gasteiger partial charge in [0.2, 0.25) is 0 Å². The molecular weight excluding hydrogens is 318 g/mol. The van der Waals surface area contributed by atoms with Crippen molar-refractivity contribution in [2.75, 3.05) is 18.9 Å². The number of nitrogens with two attached hydrogens (primary N) is 1. The molecule has 1 aromatic rings. The monoisotopic (exact) mass is 345 g/mol. The average Bonchev–Trinajstić information content (AvgIpc) is 2.55. The summed E-state index contributed by atoms with van der Waals surface area (Å²) in [7, 11) is 0. The fraction of sp³-hybridized carbons (Fsp3) is 0.400. The summed E-state index contributed by atoms with van der Waals surface area (Å²) in [5.74, 6) is -0.193. The van der Waals surface area contributed by atoms with E-state index in [-0.39, 0.29) is 5.97 Å². The molecule has 1 aromatic carbocycles. The van der Waals surface area contributed by atoms with Crippen LogP contribution in [-0.2, 0) is 19.1 Å². The van der Waals surface area contributed by atoms with Gasteiger partial charge in [0.1, 0.15) is 0 Å². The third kappa shape index (κ3) is 8.74. The van der Waals surface area contributed by atoms with E-state index in [0.29, 0.717) is 36.3 Å². The highest BCUT2D eigenvalue weighted by molar-refractivity contribution is 5.89. The molecule has 0 saturated carbocycles. The predicted octanol–water partition coefficient (Wildman–Crippen LogP) is 3.69. The van der Waals surface area contributed by atoms with E-state index in [9.17, 15) is 9.59 Å².